The van der Waals surface area contributed by atoms with Crippen molar-refractivity contribution < 1.29 is 9.53 Å². The highest BCUT2D eigenvalue weighted by molar-refractivity contribution is 5.76. The number of amides is 1. The van der Waals surface area contributed by atoms with Gasteiger partial charge in [0.15, 0.2) is 5.82 Å². The number of carbonyl (C=O) groups is 1. The average Bonchev–Trinajstić information content (AvgIpc) is 2.78. The molecule has 0 aliphatic carbocycles. The fraction of sp³-hybridized carbons (Fsp3) is 0.182. The number of rotatable bonds is 3. The van der Waals surface area contributed by atoms with Gasteiger partial charge in [0.05, 0.1) is 6.61 Å². The van der Waals surface area contributed by atoms with E-state index in [2.05, 4.69) is 15.6 Å². The first kappa shape index (κ1) is 11.1. The number of benzene rings is 1. The summed E-state index contributed by atoms with van der Waals surface area (Å²) >= 11 is 0. The fourth-order valence-corrected chi connectivity index (χ4v) is 1.36. The molecule has 1 N–H and O–H groups in total. The van der Waals surface area contributed by atoms with E-state index in [-0.39, 0.29) is 0 Å². The lowest BCUT2D eigenvalue weighted by atomic mass is 10.2. The van der Waals surface area contributed by atoms with Crippen molar-refractivity contribution in [3.63, 3.8) is 0 Å². The summed E-state index contributed by atoms with van der Waals surface area (Å²) in [7, 11) is 0. The zero-order valence-corrected chi connectivity index (χ0v) is 9.33. The van der Waals surface area contributed by atoms with Crippen LogP contribution in [0.15, 0.2) is 36.7 Å². The van der Waals surface area contributed by atoms with Gasteiger partial charge in [-0.05, 0) is 6.92 Å². The van der Waals surface area contributed by atoms with Crippen LogP contribution in [0.25, 0.3) is 11.4 Å². The summed E-state index contributed by atoms with van der Waals surface area (Å²) in [6, 6.07) is 9.45. The summed E-state index contributed by atoms with van der Waals surface area (Å²) in [4.78, 5) is 11.3. The van der Waals surface area contributed by atoms with Crippen LogP contribution in [-0.4, -0.2) is 27.6 Å². The smallest absolute Gasteiger partial charge is 0.426 e. The minimum absolute atomic E-state index is 0.314. The fourth-order valence-electron chi connectivity index (χ4n) is 1.36. The molecule has 0 bridgehead atoms. The summed E-state index contributed by atoms with van der Waals surface area (Å²) in [6.45, 7) is 2.05. The molecule has 0 radical (unpaired) electrons. The summed E-state index contributed by atoms with van der Waals surface area (Å²) < 4.78 is 6.20. The highest BCUT2D eigenvalue weighted by Gasteiger charge is 2.09. The normalized spacial score (nSPS) is 9.94. The molecule has 1 aromatic carbocycles. The molecular weight excluding hydrogens is 220 g/mol. The highest BCUT2D eigenvalue weighted by atomic mass is 16.6. The first-order valence-electron chi connectivity index (χ1n) is 5.20. The zero-order chi connectivity index (χ0) is 12.1. The maximum Gasteiger partial charge on any atom is 0.426 e. The Kier molecular flexibility index (Phi) is 3.34. The Bertz CT molecular complexity index is 495. The van der Waals surface area contributed by atoms with Gasteiger partial charge in [0, 0.05) is 5.56 Å². The molecule has 1 amide bonds. The van der Waals surface area contributed by atoms with E-state index < -0.39 is 6.09 Å². The Balaban J connectivity index is 2.20. The predicted molar refractivity (Wildman–Crippen MR) is 61.8 cm³/mol. The zero-order valence-electron chi connectivity index (χ0n) is 9.33. The molecule has 0 unspecified atom stereocenters. The van der Waals surface area contributed by atoms with Gasteiger partial charge in [-0.15, -0.1) is 10.2 Å². The van der Waals surface area contributed by atoms with Gasteiger partial charge in [-0.2, -0.15) is 0 Å². The lowest BCUT2D eigenvalue weighted by Crippen LogP contribution is -2.23. The molecule has 0 spiro atoms. The first-order chi connectivity index (χ1) is 8.31. The Labute approximate surface area is 98.2 Å². The van der Waals surface area contributed by atoms with E-state index in [1.807, 2.05) is 30.3 Å². The van der Waals surface area contributed by atoms with Crippen molar-refractivity contribution in [3.8, 4) is 11.4 Å². The molecular formula is C11H12N4O2. The lowest BCUT2D eigenvalue weighted by molar-refractivity contribution is 0.164. The van der Waals surface area contributed by atoms with Crippen LogP contribution in [0.1, 0.15) is 6.92 Å². The minimum Gasteiger partial charge on any atom is -0.449 e. The monoisotopic (exact) mass is 232 g/mol. The van der Waals surface area contributed by atoms with Gasteiger partial charge in [0.25, 0.3) is 0 Å². The third kappa shape index (κ3) is 2.60. The molecule has 1 aromatic heterocycles. The van der Waals surface area contributed by atoms with E-state index in [0.717, 1.165) is 5.56 Å². The van der Waals surface area contributed by atoms with Gasteiger partial charge in [-0.1, -0.05) is 30.3 Å². The second-order valence-corrected chi connectivity index (χ2v) is 3.22. The minimum atomic E-state index is -0.538. The van der Waals surface area contributed by atoms with Crippen molar-refractivity contribution in [1.29, 1.82) is 0 Å². The van der Waals surface area contributed by atoms with Crippen LogP contribution < -0.4 is 5.43 Å². The quantitative estimate of drug-likeness (QED) is 0.873. The van der Waals surface area contributed by atoms with E-state index in [1.165, 1.54) is 11.0 Å². The van der Waals surface area contributed by atoms with E-state index in [9.17, 15) is 4.79 Å². The Morgan fingerprint density at radius 3 is 2.88 bits per heavy atom. The van der Waals surface area contributed by atoms with E-state index >= 15 is 0 Å². The third-order valence-corrected chi connectivity index (χ3v) is 2.07. The van der Waals surface area contributed by atoms with Gasteiger partial charge >= 0.3 is 6.09 Å². The summed E-state index contributed by atoms with van der Waals surface area (Å²) in [5.41, 5.74) is 3.38. The van der Waals surface area contributed by atoms with Crippen LogP contribution in [-0.2, 0) is 4.74 Å². The second-order valence-electron chi connectivity index (χ2n) is 3.22. The molecule has 0 aliphatic rings. The van der Waals surface area contributed by atoms with Crippen LogP contribution in [0, 0.1) is 0 Å². The number of nitrogens with one attached hydrogen (secondary N) is 1. The molecule has 17 heavy (non-hydrogen) atoms. The van der Waals surface area contributed by atoms with Gasteiger partial charge in [-0.25, -0.2) is 14.9 Å². The molecule has 88 valence electrons. The van der Waals surface area contributed by atoms with Crippen molar-refractivity contribution in [1.82, 2.24) is 14.9 Å². The number of hydrogen-bond donors (Lipinski definition) is 1. The first-order valence-corrected chi connectivity index (χ1v) is 5.20. The van der Waals surface area contributed by atoms with Crippen LogP contribution in [0.2, 0.25) is 0 Å². The largest absolute Gasteiger partial charge is 0.449 e. The van der Waals surface area contributed by atoms with Crippen LogP contribution in [0.4, 0.5) is 4.79 Å². The molecule has 6 nitrogen and oxygen atoms in total. The number of hydrogen-bond acceptors (Lipinski definition) is 4. The van der Waals surface area contributed by atoms with Gasteiger partial charge in [0.2, 0.25) is 0 Å². The number of carbonyl (C=O) groups excluding carboxylic acids is 1. The number of aromatic nitrogens is 3. The maximum atomic E-state index is 11.3. The van der Waals surface area contributed by atoms with E-state index in [1.54, 1.807) is 6.92 Å². The summed E-state index contributed by atoms with van der Waals surface area (Å²) in [5.74, 6) is 0.554. The molecule has 6 heteroatoms. The van der Waals surface area contributed by atoms with Crippen molar-refractivity contribution in [3.05, 3.63) is 36.7 Å². The molecule has 0 atom stereocenters. The van der Waals surface area contributed by atoms with Gasteiger partial charge in [0.1, 0.15) is 6.33 Å². The van der Waals surface area contributed by atoms with Crippen molar-refractivity contribution in [2.45, 2.75) is 6.92 Å². The number of ether oxygens (including phenoxy) is 1. The molecule has 1 heterocycles. The van der Waals surface area contributed by atoms with Crippen molar-refractivity contribution in [2.24, 2.45) is 0 Å². The Morgan fingerprint density at radius 2 is 2.18 bits per heavy atom. The van der Waals surface area contributed by atoms with Gasteiger partial charge in [-0.3, -0.25) is 0 Å². The highest BCUT2D eigenvalue weighted by Crippen LogP contribution is 2.14. The molecule has 2 rings (SSSR count). The second kappa shape index (κ2) is 5.11. The standard InChI is InChI=1S/C11H12N4O2/c1-2-17-11(16)14-15-8-12-13-10(15)9-6-4-3-5-7-9/h3-8H,2H2,1H3,(H,14,16). The van der Waals surface area contributed by atoms with Crippen LogP contribution >= 0.6 is 0 Å². The Morgan fingerprint density at radius 1 is 1.41 bits per heavy atom. The summed E-state index contributed by atoms with van der Waals surface area (Å²) in [5, 5.41) is 7.70. The molecule has 0 saturated heterocycles. The van der Waals surface area contributed by atoms with E-state index in [4.69, 9.17) is 4.74 Å². The average molecular weight is 232 g/mol. The third-order valence-electron chi connectivity index (χ3n) is 2.07. The molecule has 0 fully saturated rings. The van der Waals surface area contributed by atoms with Gasteiger partial charge < -0.3 is 4.74 Å². The van der Waals surface area contributed by atoms with Crippen LogP contribution in [0.5, 0.6) is 0 Å². The topological polar surface area (TPSA) is 69.0 Å². The number of nitrogens with zero attached hydrogens (tertiary/aromatic N) is 3. The van der Waals surface area contributed by atoms with E-state index in [0.29, 0.717) is 12.4 Å². The maximum absolute atomic E-state index is 11.3. The van der Waals surface area contributed by atoms with Crippen molar-refractivity contribution >= 4 is 6.09 Å². The van der Waals surface area contributed by atoms with Crippen LogP contribution in [0.3, 0.4) is 0 Å². The molecule has 0 aliphatic heterocycles. The summed E-state index contributed by atoms with van der Waals surface area (Å²) in [6.07, 6.45) is 0.878. The molecule has 2 aromatic rings. The molecule has 0 saturated carbocycles. The predicted octanol–water partition coefficient (Wildman–Crippen LogP) is 1.65. The van der Waals surface area contributed by atoms with Crippen molar-refractivity contribution in [2.75, 3.05) is 12.0 Å². The lowest BCUT2D eigenvalue weighted by Gasteiger charge is -2.07. The Hall–Kier alpha value is -2.37. The SMILES string of the molecule is CCOC(=O)Nn1cnnc1-c1ccccc1.